The summed E-state index contributed by atoms with van der Waals surface area (Å²) in [5.74, 6) is -2.35. The summed E-state index contributed by atoms with van der Waals surface area (Å²) in [6.45, 7) is 2.74. The molecule has 1 aliphatic heterocycles. The Kier molecular flexibility index (Phi) is 6.48. The summed E-state index contributed by atoms with van der Waals surface area (Å²) < 4.78 is 39.6. The molecule has 0 spiro atoms. The fourth-order valence-electron chi connectivity index (χ4n) is 3.72. The van der Waals surface area contributed by atoms with Crippen LogP contribution in [0.4, 0.5) is 8.78 Å². The van der Waals surface area contributed by atoms with Crippen LogP contribution in [0.15, 0.2) is 46.9 Å². The minimum absolute atomic E-state index is 0.0176. The lowest BCUT2D eigenvalue weighted by molar-refractivity contribution is 0.0633. The van der Waals surface area contributed by atoms with Gasteiger partial charge in [0, 0.05) is 18.7 Å². The number of carbonyl (C=O) groups is 1. The van der Waals surface area contributed by atoms with Crippen LogP contribution in [-0.2, 0) is 0 Å². The molecule has 0 radical (unpaired) electrons. The highest BCUT2D eigenvalue weighted by molar-refractivity contribution is 5.97. The van der Waals surface area contributed by atoms with Crippen molar-refractivity contribution in [1.29, 1.82) is 0 Å². The van der Waals surface area contributed by atoms with Crippen molar-refractivity contribution in [3.8, 4) is 28.5 Å². The monoisotopic (exact) mass is 443 g/mol. The van der Waals surface area contributed by atoms with E-state index in [0.29, 0.717) is 31.0 Å². The van der Waals surface area contributed by atoms with E-state index in [4.69, 9.17) is 14.9 Å². The molecule has 9 heteroatoms. The van der Waals surface area contributed by atoms with Gasteiger partial charge in [-0.3, -0.25) is 9.69 Å². The Labute approximate surface area is 183 Å². The first-order valence-corrected chi connectivity index (χ1v) is 10.3. The van der Waals surface area contributed by atoms with Gasteiger partial charge >= 0.3 is 0 Å². The first-order valence-electron chi connectivity index (χ1n) is 10.3. The van der Waals surface area contributed by atoms with Gasteiger partial charge in [-0.05, 0) is 55.8 Å². The number of aliphatic hydroxyl groups is 1. The van der Waals surface area contributed by atoms with Crippen molar-refractivity contribution in [3.05, 3.63) is 59.8 Å². The maximum Gasteiger partial charge on any atom is 0.271 e. The van der Waals surface area contributed by atoms with E-state index in [-0.39, 0.29) is 23.4 Å². The molecule has 0 aliphatic carbocycles. The second-order valence-corrected chi connectivity index (χ2v) is 7.63. The summed E-state index contributed by atoms with van der Waals surface area (Å²) in [4.78, 5) is 17.9. The van der Waals surface area contributed by atoms with E-state index in [9.17, 15) is 18.7 Å². The first-order chi connectivity index (χ1) is 15.4. The fourth-order valence-corrected chi connectivity index (χ4v) is 3.72. The third kappa shape index (κ3) is 4.79. The number of β-amino-alcohol motifs (C(OH)–C–C–N with tert-alkyl or cyclic N) is 1. The molecular weight excluding hydrogens is 420 g/mol. The van der Waals surface area contributed by atoms with Crippen LogP contribution in [0.5, 0.6) is 5.75 Å². The van der Waals surface area contributed by atoms with Crippen molar-refractivity contribution in [2.45, 2.75) is 18.9 Å². The molecular formula is C23H23F2N3O4. The van der Waals surface area contributed by atoms with E-state index in [1.54, 1.807) is 24.3 Å². The predicted octanol–water partition coefficient (Wildman–Crippen LogP) is 3.22. The molecule has 1 saturated heterocycles. The molecule has 168 valence electrons. The van der Waals surface area contributed by atoms with Crippen molar-refractivity contribution in [1.82, 2.24) is 9.88 Å². The van der Waals surface area contributed by atoms with Gasteiger partial charge in [0.2, 0.25) is 5.89 Å². The highest BCUT2D eigenvalue weighted by Gasteiger charge is 2.24. The highest BCUT2D eigenvalue weighted by Crippen LogP contribution is 2.33. The van der Waals surface area contributed by atoms with Crippen molar-refractivity contribution in [2.75, 3.05) is 26.2 Å². The van der Waals surface area contributed by atoms with E-state index in [1.807, 2.05) is 0 Å². The number of hydrogen-bond acceptors (Lipinski definition) is 6. The van der Waals surface area contributed by atoms with E-state index in [2.05, 4.69) is 9.88 Å². The SMILES string of the molecule is NC(=O)c1nc(-c2c(F)cccc2F)oc1-c1ccc(OCCN2CCCC(O)C2)cc1. The number of nitrogens with zero attached hydrogens (tertiary/aromatic N) is 2. The number of oxazole rings is 1. The standard InChI is InChI=1S/C23H23F2N3O4/c24-17-4-1-5-18(25)19(17)23-27-20(22(26)30)21(32-23)14-6-8-16(9-7-14)31-12-11-28-10-2-3-15(29)13-28/h1,4-9,15,29H,2-3,10-13H2,(H2,26,30). The topological polar surface area (TPSA) is 102 Å². The Bertz CT molecular complexity index is 1080. The number of halogens is 2. The molecule has 1 unspecified atom stereocenters. The lowest BCUT2D eigenvalue weighted by atomic mass is 10.1. The molecule has 2 aromatic carbocycles. The van der Waals surface area contributed by atoms with Gasteiger partial charge in [0.25, 0.3) is 5.91 Å². The number of amides is 1. The van der Waals surface area contributed by atoms with Crippen LogP contribution < -0.4 is 10.5 Å². The smallest absolute Gasteiger partial charge is 0.271 e. The largest absolute Gasteiger partial charge is 0.492 e. The Morgan fingerprint density at radius 3 is 2.59 bits per heavy atom. The van der Waals surface area contributed by atoms with E-state index in [1.165, 1.54) is 6.07 Å². The van der Waals surface area contributed by atoms with Crippen LogP contribution in [0.3, 0.4) is 0 Å². The third-order valence-corrected chi connectivity index (χ3v) is 5.31. The normalized spacial score (nSPS) is 16.8. The molecule has 3 N–H and O–H groups in total. The number of likely N-dealkylation sites (tertiary alicyclic amines) is 1. The van der Waals surface area contributed by atoms with Gasteiger partial charge in [-0.15, -0.1) is 0 Å². The summed E-state index contributed by atoms with van der Waals surface area (Å²) in [5.41, 5.74) is 5.17. The van der Waals surface area contributed by atoms with Crippen LogP contribution in [0.1, 0.15) is 23.3 Å². The lowest BCUT2D eigenvalue weighted by Crippen LogP contribution is -2.40. The van der Waals surface area contributed by atoms with Crippen molar-refractivity contribution in [2.24, 2.45) is 5.73 Å². The summed E-state index contributed by atoms with van der Waals surface area (Å²) >= 11 is 0. The van der Waals surface area contributed by atoms with Crippen molar-refractivity contribution < 1.29 is 27.8 Å². The first kappa shape index (κ1) is 21.9. The molecule has 1 aliphatic rings. The fraction of sp³-hybridized carbons (Fsp3) is 0.304. The number of nitrogens with two attached hydrogens (primary N) is 1. The van der Waals surface area contributed by atoms with Gasteiger partial charge in [0.15, 0.2) is 11.5 Å². The summed E-state index contributed by atoms with van der Waals surface area (Å²) in [6, 6.07) is 10.0. The molecule has 1 fully saturated rings. The van der Waals surface area contributed by atoms with Crippen LogP contribution in [0, 0.1) is 11.6 Å². The second kappa shape index (κ2) is 9.46. The van der Waals surface area contributed by atoms with Crippen molar-refractivity contribution >= 4 is 5.91 Å². The lowest BCUT2D eigenvalue weighted by Gasteiger charge is -2.29. The van der Waals surface area contributed by atoms with E-state index >= 15 is 0 Å². The van der Waals surface area contributed by atoms with E-state index in [0.717, 1.165) is 31.5 Å². The molecule has 7 nitrogen and oxygen atoms in total. The average molecular weight is 443 g/mol. The van der Waals surface area contributed by atoms with Gasteiger partial charge < -0.3 is 20.0 Å². The van der Waals surface area contributed by atoms with Crippen LogP contribution in [0.25, 0.3) is 22.8 Å². The second-order valence-electron chi connectivity index (χ2n) is 7.63. The molecule has 1 aromatic heterocycles. The number of carbonyl (C=O) groups excluding carboxylic acids is 1. The Morgan fingerprint density at radius 2 is 1.94 bits per heavy atom. The third-order valence-electron chi connectivity index (χ3n) is 5.31. The van der Waals surface area contributed by atoms with Crippen LogP contribution >= 0.6 is 0 Å². The molecule has 1 atom stereocenters. The molecule has 2 heterocycles. The molecule has 1 amide bonds. The zero-order valence-corrected chi connectivity index (χ0v) is 17.3. The maximum absolute atomic E-state index is 14.1. The molecule has 32 heavy (non-hydrogen) atoms. The number of primary amides is 1. The highest BCUT2D eigenvalue weighted by atomic mass is 19.1. The number of rotatable bonds is 7. The van der Waals surface area contributed by atoms with Crippen molar-refractivity contribution in [3.63, 3.8) is 0 Å². The summed E-state index contributed by atoms with van der Waals surface area (Å²) in [6.07, 6.45) is 1.51. The van der Waals surface area contributed by atoms with Crippen LogP contribution in [0.2, 0.25) is 0 Å². The van der Waals surface area contributed by atoms with Gasteiger partial charge in [-0.2, -0.15) is 0 Å². The number of aliphatic hydroxyl groups excluding tert-OH is 1. The molecule has 0 bridgehead atoms. The van der Waals surface area contributed by atoms with E-state index < -0.39 is 23.1 Å². The predicted molar refractivity (Wildman–Crippen MR) is 113 cm³/mol. The van der Waals surface area contributed by atoms with Crippen LogP contribution in [-0.4, -0.2) is 53.2 Å². The number of ether oxygens (including phenoxy) is 1. The minimum Gasteiger partial charge on any atom is -0.492 e. The van der Waals surface area contributed by atoms with Gasteiger partial charge in [0.05, 0.1) is 6.10 Å². The summed E-state index contributed by atoms with van der Waals surface area (Å²) in [5, 5.41) is 9.73. The molecule has 4 rings (SSSR count). The number of benzene rings is 2. The number of piperidine rings is 1. The Hall–Kier alpha value is -3.30. The zero-order chi connectivity index (χ0) is 22.7. The quantitative estimate of drug-likeness (QED) is 0.581. The molecule has 3 aromatic rings. The Morgan fingerprint density at radius 1 is 1.22 bits per heavy atom. The molecule has 0 saturated carbocycles. The van der Waals surface area contributed by atoms with Gasteiger partial charge in [0.1, 0.15) is 29.6 Å². The number of hydrogen-bond donors (Lipinski definition) is 2. The number of aromatic nitrogens is 1. The summed E-state index contributed by atoms with van der Waals surface area (Å²) in [7, 11) is 0. The minimum atomic E-state index is -0.879. The average Bonchev–Trinajstić information content (AvgIpc) is 3.19. The zero-order valence-electron chi connectivity index (χ0n) is 17.3. The maximum atomic E-state index is 14.1. The van der Waals surface area contributed by atoms with Gasteiger partial charge in [-0.25, -0.2) is 13.8 Å². The Balaban J connectivity index is 1.50. The van der Waals surface area contributed by atoms with Gasteiger partial charge in [-0.1, -0.05) is 6.07 Å².